The van der Waals surface area contributed by atoms with Gasteiger partial charge < -0.3 is 20.3 Å². The Morgan fingerprint density at radius 2 is 1.97 bits per heavy atom. The van der Waals surface area contributed by atoms with Crippen molar-refractivity contribution < 1.29 is 14.5 Å². The van der Waals surface area contributed by atoms with Crippen LogP contribution in [0.15, 0.2) is 18.2 Å². The van der Waals surface area contributed by atoms with Gasteiger partial charge in [0.25, 0.3) is 5.69 Å². The number of nitrogens with one attached hydrogen (secondary N) is 2. The summed E-state index contributed by atoms with van der Waals surface area (Å²) in [7, 11) is 0. The van der Waals surface area contributed by atoms with Gasteiger partial charge in [0, 0.05) is 37.8 Å². The van der Waals surface area contributed by atoms with E-state index in [0.29, 0.717) is 25.3 Å². The minimum atomic E-state index is -0.551. The summed E-state index contributed by atoms with van der Waals surface area (Å²) in [4.78, 5) is 25.4. The Morgan fingerprint density at radius 1 is 1.29 bits per heavy atom. The molecule has 1 heterocycles. The molecule has 1 aliphatic heterocycles. The summed E-state index contributed by atoms with van der Waals surface area (Å²) in [6, 6.07) is 5.50. The van der Waals surface area contributed by atoms with Crippen molar-refractivity contribution in [3.8, 4) is 0 Å². The van der Waals surface area contributed by atoms with E-state index in [2.05, 4.69) is 38.3 Å². The number of likely N-dealkylation sites (tertiary alicyclic amines) is 1. The fourth-order valence-electron chi connectivity index (χ4n) is 3.34. The van der Waals surface area contributed by atoms with E-state index in [4.69, 9.17) is 4.74 Å². The smallest absolute Gasteiger partial charge is 0.410 e. The molecular weight excluding hydrogens is 396 g/mol. The van der Waals surface area contributed by atoms with Crippen molar-refractivity contribution >= 4 is 17.5 Å². The van der Waals surface area contributed by atoms with Crippen LogP contribution in [-0.4, -0.2) is 46.7 Å². The third-order valence-corrected chi connectivity index (χ3v) is 5.60. The Labute approximate surface area is 185 Å². The third-order valence-electron chi connectivity index (χ3n) is 5.60. The lowest BCUT2D eigenvalue weighted by Crippen LogP contribution is -2.47. The van der Waals surface area contributed by atoms with E-state index < -0.39 is 5.60 Å². The Morgan fingerprint density at radius 3 is 2.55 bits per heavy atom. The summed E-state index contributed by atoms with van der Waals surface area (Å²) in [6.07, 6.45) is 1.31. The van der Waals surface area contributed by atoms with E-state index in [0.717, 1.165) is 18.4 Å². The second-order valence-electron chi connectivity index (χ2n) is 10.5. The van der Waals surface area contributed by atoms with Crippen molar-refractivity contribution in [3.63, 3.8) is 0 Å². The van der Waals surface area contributed by atoms with Crippen molar-refractivity contribution in [2.45, 2.75) is 85.5 Å². The molecular formula is C23H38N4O4. The fraction of sp³-hybridized carbons (Fsp3) is 0.696. The first-order valence-electron chi connectivity index (χ1n) is 11.0. The van der Waals surface area contributed by atoms with Crippen LogP contribution in [0.3, 0.4) is 0 Å². The summed E-state index contributed by atoms with van der Waals surface area (Å²) in [5.74, 6) is 0. The number of carbonyl (C=O) groups is 1. The number of amides is 1. The van der Waals surface area contributed by atoms with Crippen molar-refractivity contribution in [1.29, 1.82) is 0 Å². The van der Waals surface area contributed by atoms with Crippen molar-refractivity contribution in [2.75, 3.05) is 18.4 Å². The van der Waals surface area contributed by atoms with Crippen molar-refractivity contribution in [1.82, 2.24) is 10.2 Å². The zero-order valence-electron chi connectivity index (χ0n) is 19.9. The molecule has 1 aromatic carbocycles. The molecule has 1 saturated heterocycles. The summed E-state index contributed by atoms with van der Waals surface area (Å²) in [6.45, 7) is 15.8. The number of nitro groups is 1. The van der Waals surface area contributed by atoms with Gasteiger partial charge in [0.15, 0.2) is 0 Å². The number of ether oxygens (including phenoxy) is 1. The molecule has 174 valence electrons. The van der Waals surface area contributed by atoms with E-state index >= 15 is 0 Å². The number of anilines is 1. The molecule has 1 fully saturated rings. The highest BCUT2D eigenvalue weighted by atomic mass is 16.6. The van der Waals surface area contributed by atoms with Gasteiger partial charge in [-0.25, -0.2) is 4.79 Å². The molecule has 0 spiro atoms. The SMILES string of the molecule is C[C@H](NCc1ccc(NC2CCCN(C(=O)OC(C)(C)C)C2)c([N+](=O)[O-])c1)C(C)(C)C. The maximum absolute atomic E-state index is 12.4. The second-order valence-corrected chi connectivity index (χ2v) is 10.5. The van der Waals surface area contributed by atoms with Gasteiger partial charge >= 0.3 is 6.09 Å². The molecule has 31 heavy (non-hydrogen) atoms. The third kappa shape index (κ3) is 7.69. The first-order chi connectivity index (χ1) is 14.3. The topological polar surface area (TPSA) is 96.7 Å². The standard InChI is InChI=1S/C23H38N4O4/c1-16(22(2,3)4)24-14-17-10-11-19(20(13-17)27(29)30)25-18-9-8-12-26(15-18)21(28)31-23(5,6)7/h10-11,13,16,18,24-25H,8-9,12,14-15H2,1-7H3/t16-,18?/m0/s1. The first-order valence-corrected chi connectivity index (χ1v) is 11.0. The van der Waals surface area contributed by atoms with Crippen LogP contribution in [-0.2, 0) is 11.3 Å². The predicted molar refractivity (Wildman–Crippen MR) is 123 cm³/mol. The Bertz CT molecular complexity index is 783. The van der Waals surface area contributed by atoms with Gasteiger partial charge in [0.2, 0.25) is 0 Å². The molecule has 1 unspecified atom stereocenters. The Balaban J connectivity index is 2.06. The molecule has 0 saturated carbocycles. The van der Waals surface area contributed by atoms with E-state index in [9.17, 15) is 14.9 Å². The predicted octanol–water partition coefficient (Wildman–Crippen LogP) is 4.93. The number of hydrogen-bond acceptors (Lipinski definition) is 6. The van der Waals surface area contributed by atoms with Crippen LogP contribution >= 0.6 is 0 Å². The number of carbonyl (C=O) groups excluding carboxylic acids is 1. The van der Waals surface area contributed by atoms with Crippen LogP contribution in [0.5, 0.6) is 0 Å². The zero-order valence-corrected chi connectivity index (χ0v) is 19.9. The molecule has 1 aromatic rings. The molecule has 0 aromatic heterocycles. The number of benzene rings is 1. The van der Waals surface area contributed by atoms with E-state index in [1.165, 1.54) is 0 Å². The average Bonchev–Trinajstić information content (AvgIpc) is 2.64. The molecule has 2 N–H and O–H groups in total. The fourth-order valence-corrected chi connectivity index (χ4v) is 3.34. The number of nitro benzene ring substituents is 1. The number of hydrogen-bond donors (Lipinski definition) is 2. The van der Waals surface area contributed by atoms with E-state index in [1.54, 1.807) is 17.0 Å². The summed E-state index contributed by atoms with van der Waals surface area (Å²) >= 11 is 0. The first kappa shape index (κ1) is 24.9. The van der Waals surface area contributed by atoms with E-state index in [-0.39, 0.29) is 34.2 Å². The highest BCUT2D eigenvalue weighted by molar-refractivity contribution is 5.69. The maximum atomic E-state index is 12.4. The van der Waals surface area contributed by atoms with Crippen molar-refractivity contribution in [2.24, 2.45) is 5.41 Å². The van der Waals surface area contributed by atoms with E-state index in [1.807, 2.05) is 26.8 Å². The molecule has 1 aliphatic rings. The molecule has 2 atom stereocenters. The minimum absolute atomic E-state index is 0.0529. The van der Waals surface area contributed by atoms with Crippen LogP contribution in [0.1, 0.15) is 66.9 Å². The largest absolute Gasteiger partial charge is 0.444 e. The Hall–Kier alpha value is -2.35. The second kappa shape index (κ2) is 9.85. The van der Waals surface area contributed by atoms with Gasteiger partial charge in [-0.15, -0.1) is 0 Å². The number of rotatable bonds is 6. The van der Waals surface area contributed by atoms with Gasteiger partial charge in [-0.1, -0.05) is 26.8 Å². The molecule has 0 aliphatic carbocycles. The van der Waals surface area contributed by atoms with Crippen LogP contribution in [0, 0.1) is 15.5 Å². The van der Waals surface area contributed by atoms with Gasteiger partial charge in [0.05, 0.1) is 4.92 Å². The lowest BCUT2D eigenvalue weighted by molar-refractivity contribution is -0.384. The molecule has 0 radical (unpaired) electrons. The monoisotopic (exact) mass is 434 g/mol. The lowest BCUT2D eigenvalue weighted by atomic mass is 9.88. The van der Waals surface area contributed by atoms with Gasteiger partial charge in [-0.05, 0) is 57.6 Å². The number of nitrogens with zero attached hydrogens (tertiary/aromatic N) is 2. The number of piperidine rings is 1. The molecule has 8 heteroatoms. The molecule has 0 bridgehead atoms. The normalized spacial score (nSPS) is 18.4. The van der Waals surface area contributed by atoms with Crippen LogP contribution in [0.4, 0.5) is 16.2 Å². The summed E-state index contributed by atoms with van der Waals surface area (Å²) in [5.41, 5.74) is 0.956. The lowest BCUT2D eigenvalue weighted by Gasteiger charge is -2.34. The summed E-state index contributed by atoms with van der Waals surface area (Å²) in [5, 5.41) is 18.4. The minimum Gasteiger partial charge on any atom is -0.444 e. The highest BCUT2D eigenvalue weighted by Gasteiger charge is 2.29. The van der Waals surface area contributed by atoms with Gasteiger partial charge in [-0.3, -0.25) is 10.1 Å². The van der Waals surface area contributed by atoms with Gasteiger partial charge in [0.1, 0.15) is 11.3 Å². The van der Waals surface area contributed by atoms with Crippen LogP contribution in [0.2, 0.25) is 0 Å². The average molecular weight is 435 g/mol. The zero-order chi connectivity index (χ0) is 23.4. The summed E-state index contributed by atoms with van der Waals surface area (Å²) < 4.78 is 5.47. The molecule has 2 rings (SSSR count). The Kier molecular flexibility index (Phi) is 7.92. The van der Waals surface area contributed by atoms with Crippen LogP contribution in [0.25, 0.3) is 0 Å². The van der Waals surface area contributed by atoms with Gasteiger partial charge in [-0.2, -0.15) is 0 Å². The quantitative estimate of drug-likeness (QED) is 0.487. The highest BCUT2D eigenvalue weighted by Crippen LogP contribution is 2.28. The maximum Gasteiger partial charge on any atom is 0.410 e. The molecule has 1 amide bonds. The molecule has 8 nitrogen and oxygen atoms in total. The van der Waals surface area contributed by atoms with Crippen molar-refractivity contribution in [3.05, 3.63) is 33.9 Å². The van der Waals surface area contributed by atoms with Crippen LogP contribution < -0.4 is 10.6 Å².